The lowest BCUT2D eigenvalue weighted by molar-refractivity contribution is -0.129. The number of piperazine rings is 1. The second kappa shape index (κ2) is 8.36. The molecule has 2 heterocycles. The maximum Gasteiger partial charge on any atom is 0.261 e. The van der Waals surface area contributed by atoms with Crippen LogP contribution in [0.4, 0.5) is 11.4 Å². The Morgan fingerprint density at radius 3 is 2.40 bits per heavy atom. The molecule has 2 amide bonds. The molecule has 0 spiro atoms. The van der Waals surface area contributed by atoms with Crippen LogP contribution in [-0.2, 0) is 16.1 Å². The first-order valence-electron chi connectivity index (χ1n) is 9.86. The first kappa shape index (κ1) is 19.6. The topological polar surface area (TPSA) is 87.5 Å². The van der Waals surface area contributed by atoms with E-state index in [1.54, 1.807) is 25.1 Å². The highest BCUT2D eigenvalue weighted by molar-refractivity contribution is 5.91. The number of anilines is 2. The number of hydrogen-bond acceptors (Lipinski definition) is 5. The third-order valence-corrected chi connectivity index (χ3v) is 5.29. The molecule has 1 aromatic heterocycles. The number of nitrogens with zero attached hydrogens (tertiary/aromatic N) is 4. The molecule has 3 aromatic rings. The molecule has 0 unspecified atom stereocenters. The molecule has 8 nitrogen and oxygen atoms in total. The number of benzene rings is 2. The number of carbonyl (C=O) groups excluding carboxylic acids is 2. The fourth-order valence-electron chi connectivity index (χ4n) is 3.61. The molecule has 1 N–H and O–H groups in total. The van der Waals surface area contributed by atoms with E-state index in [1.165, 1.54) is 10.9 Å². The van der Waals surface area contributed by atoms with Crippen LogP contribution in [-0.4, -0.2) is 52.4 Å². The summed E-state index contributed by atoms with van der Waals surface area (Å²) in [4.78, 5) is 44.7. The maximum absolute atomic E-state index is 12.5. The van der Waals surface area contributed by atoms with E-state index in [1.807, 2.05) is 35.2 Å². The standard InChI is InChI=1S/C22H23N5O3/c1-16(28)25-10-12-26(13-11-25)18-8-6-17(7-9-18)24-21(29)14-27-15-23-20-5-3-2-4-19(20)22(27)30/h2-9,15H,10-14H2,1H3,(H,24,29). The lowest BCUT2D eigenvalue weighted by Crippen LogP contribution is -2.48. The zero-order valence-corrected chi connectivity index (χ0v) is 16.7. The zero-order chi connectivity index (χ0) is 21.1. The van der Waals surface area contributed by atoms with Gasteiger partial charge in [-0.1, -0.05) is 12.1 Å². The lowest BCUT2D eigenvalue weighted by Gasteiger charge is -2.35. The van der Waals surface area contributed by atoms with Gasteiger partial charge in [-0.05, 0) is 36.4 Å². The third-order valence-electron chi connectivity index (χ3n) is 5.29. The smallest absolute Gasteiger partial charge is 0.261 e. The molecule has 0 radical (unpaired) electrons. The van der Waals surface area contributed by atoms with Crippen molar-refractivity contribution in [2.45, 2.75) is 13.5 Å². The van der Waals surface area contributed by atoms with Gasteiger partial charge in [0.25, 0.3) is 5.56 Å². The molecule has 0 aliphatic carbocycles. The second-order valence-electron chi connectivity index (χ2n) is 7.28. The molecule has 0 atom stereocenters. The van der Waals surface area contributed by atoms with Gasteiger partial charge in [0.1, 0.15) is 6.54 Å². The predicted molar refractivity (Wildman–Crippen MR) is 116 cm³/mol. The monoisotopic (exact) mass is 405 g/mol. The molecule has 30 heavy (non-hydrogen) atoms. The van der Waals surface area contributed by atoms with Gasteiger partial charge < -0.3 is 15.1 Å². The second-order valence-corrected chi connectivity index (χ2v) is 7.28. The summed E-state index contributed by atoms with van der Waals surface area (Å²) in [5.41, 5.74) is 2.08. The van der Waals surface area contributed by atoms with Crippen molar-refractivity contribution in [2.75, 3.05) is 36.4 Å². The SMILES string of the molecule is CC(=O)N1CCN(c2ccc(NC(=O)Cn3cnc4ccccc4c3=O)cc2)CC1. The van der Waals surface area contributed by atoms with Crippen molar-refractivity contribution in [3.8, 4) is 0 Å². The Labute approximate surface area is 173 Å². The van der Waals surface area contributed by atoms with Crippen LogP contribution in [0, 0.1) is 0 Å². The summed E-state index contributed by atoms with van der Waals surface area (Å²) in [6.07, 6.45) is 1.40. The molecule has 1 aliphatic heterocycles. The normalized spacial score (nSPS) is 14.0. The van der Waals surface area contributed by atoms with Gasteiger partial charge in [-0.3, -0.25) is 19.0 Å². The Bertz CT molecular complexity index is 1130. The van der Waals surface area contributed by atoms with Crippen LogP contribution in [0.3, 0.4) is 0 Å². The molecular weight excluding hydrogens is 382 g/mol. The van der Waals surface area contributed by atoms with Crippen molar-refractivity contribution in [1.82, 2.24) is 14.5 Å². The number of para-hydroxylation sites is 1. The molecule has 0 saturated carbocycles. The summed E-state index contributed by atoms with van der Waals surface area (Å²) in [6, 6.07) is 14.6. The van der Waals surface area contributed by atoms with Crippen molar-refractivity contribution in [2.24, 2.45) is 0 Å². The van der Waals surface area contributed by atoms with E-state index < -0.39 is 0 Å². The highest BCUT2D eigenvalue weighted by Crippen LogP contribution is 2.19. The van der Waals surface area contributed by atoms with Crippen molar-refractivity contribution >= 4 is 34.1 Å². The van der Waals surface area contributed by atoms with Crippen LogP contribution in [0.5, 0.6) is 0 Å². The van der Waals surface area contributed by atoms with Crippen LogP contribution in [0.1, 0.15) is 6.92 Å². The highest BCUT2D eigenvalue weighted by Gasteiger charge is 2.18. The number of hydrogen-bond donors (Lipinski definition) is 1. The van der Waals surface area contributed by atoms with E-state index in [0.29, 0.717) is 29.7 Å². The highest BCUT2D eigenvalue weighted by atomic mass is 16.2. The first-order chi connectivity index (χ1) is 14.5. The molecule has 1 aliphatic rings. The van der Waals surface area contributed by atoms with Gasteiger partial charge in [0.05, 0.1) is 17.2 Å². The lowest BCUT2D eigenvalue weighted by atomic mass is 10.2. The van der Waals surface area contributed by atoms with Gasteiger partial charge in [0.2, 0.25) is 11.8 Å². The fourth-order valence-corrected chi connectivity index (χ4v) is 3.61. The molecule has 1 fully saturated rings. The Balaban J connectivity index is 1.38. The Kier molecular flexibility index (Phi) is 5.47. The Hall–Kier alpha value is -3.68. The first-order valence-corrected chi connectivity index (χ1v) is 9.86. The van der Waals surface area contributed by atoms with Crippen molar-refractivity contribution in [1.29, 1.82) is 0 Å². The average molecular weight is 405 g/mol. The van der Waals surface area contributed by atoms with Crippen molar-refractivity contribution in [3.05, 3.63) is 65.2 Å². The van der Waals surface area contributed by atoms with Crippen LogP contribution in [0.15, 0.2) is 59.7 Å². The summed E-state index contributed by atoms with van der Waals surface area (Å²) in [5, 5.41) is 3.31. The molecule has 8 heteroatoms. The Morgan fingerprint density at radius 1 is 1.00 bits per heavy atom. The average Bonchev–Trinajstić information content (AvgIpc) is 2.76. The predicted octanol–water partition coefficient (Wildman–Crippen LogP) is 1.70. The molecule has 1 saturated heterocycles. The number of rotatable bonds is 4. The summed E-state index contributed by atoms with van der Waals surface area (Å²) < 4.78 is 1.31. The van der Waals surface area contributed by atoms with Crippen LogP contribution in [0.25, 0.3) is 10.9 Å². The quantitative estimate of drug-likeness (QED) is 0.714. The van der Waals surface area contributed by atoms with Crippen LogP contribution >= 0.6 is 0 Å². The third kappa shape index (κ3) is 4.17. The van der Waals surface area contributed by atoms with Crippen LogP contribution < -0.4 is 15.8 Å². The number of nitrogens with one attached hydrogen (secondary N) is 1. The number of fused-ring (bicyclic) bond motifs is 1. The van der Waals surface area contributed by atoms with Gasteiger partial charge >= 0.3 is 0 Å². The van der Waals surface area contributed by atoms with E-state index in [0.717, 1.165) is 18.8 Å². The molecule has 4 rings (SSSR count). The number of amides is 2. The van der Waals surface area contributed by atoms with Gasteiger partial charge in [0.15, 0.2) is 0 Å². The van der Waals surface area contributed by atoms with E-state index >= 15 is 0 Å². The van der Waals surface area contributed by atoms with Crippen molar-refractivity contribution < 1.29 is 9.59 Å². The minimum absolute atomic E-state index is 0.105. The Morgan fingerprint density at radius 2 is 1.70 bits per heavy atom. The van der Waals surface area contributed by atoms with Gasteiger partial charge in [-0.25, -0.2) is 4.98 Å². The molecular formula is C22H23N5O3. The minimum Gasteiger partial charge on any atom is -0.368 e. The van der Waals surface area contributed by atoms with E-state index in [9.17, 15) is 14.4 Å². The van der Waals surface area contributed by atoms with Gasteiger partial charge in [-0.15, -0.1) is 0 Å². The summed E-state index contributed by atoms with van der Waals surface area (Å²) in [6.45, 7) is 4.47. The molecule has 2 aromatic carbocycles. The van der Waals surface area contributed by atoms with E-state index in [2.05, 4.69) is 15.2 Å². The zero-order valence-electron chi connectivity index (χ0n) is 16.7. The van der Waals surface area contributed by atoms with Gasteiger partial charge in [-0.2, -0.15) is 0 Å². The molecule has 0 bridgehead atoms. The van der Waals surface area contributed by atoms with Crippen molar-refractivity contribution in [3.63, 3.8) is 0 Å². The number of carbonyl (C=O) groups is 2. The number of aromatic nitrogens is 2. The minimum atomic E-state index is -0.294. The van der Waals surface area contributed by atoms with Gasteiger partial charge in [0, 0.05) is 44.5 Å². The summed E-state index contributed by atoms with van der Waals surface area (Å²) in [7, 11) is 0. The maximum atomic E-state index is 12.5. The summed E-state index contributed by atoms with van der Waals surface area (Å²) in [5.74, 6) is -0.189. The van der Waals surface area contributed by atoms with Crippen LogP contribution in [0.2, 0.25) is 0 Å². The van der Waals surface area contributed by atoms with E-state index in [4.69, 9.17) is 0 Å². The fraction of sp³-hybridized carbons (Fsp3) is 0.273. The largest absolute Gasteiger partial charge is 0.368 e. The summed E-state index contributed by atoms with van der Waals surface area (Å²) >= 11 is 0. The van der Waals surface area contributed by atoms with E-state index in [-0.39, 0.29) is 23.9 Å². The molecule has 154 valence electrons.